The van der Waals surface area contributed by atoms with Gasteiger partial charge in [-0.1, -0.05) is 25.6 Å². The zero-order chi connectivity index (χ0) is 22.1. The Kier molecular flexibility index (Phi) is 10.5. The summed E-state index contributed by atoms with van der Waals surface area (Å²) in [5.74, 6) is -0.633. The van der Waals surface area contributed by atoms with Gasteiger partial charge in [0.15, 0.2) is 11.2 Å². The molecule has 1 heterocycles. The standard InChI is InChI=1S/C17H29N2O8PS/c1-5-25-28(24)26-11-17(3,4)15(27-28)16(23)19-7-6-13(21)18-8-9-29-14(22)10-12(2)20/h15H,5-11H2,1-4H3,(H,18,21)(H,19,23)/t15-,28?/m0/s1. The van der Waals surface area contributed by atoms with Crippen LogP contribution in [0.1, 0.15) is 40.5 Å². The van der Waals surface area contributed by atoms with Crippen molar-refractivity contribution >= 4 is 42.3 Å². The Bertz CT molecular complexity index is 670. The molecule has 2 amide bonds. The summed E-state index contributed by atoms with van der Waals surface area (Å²) in [6.07, 6.45) is -1.13. The first-order chi connectivity index (χ1) is 13.5. The second-order valence-corrected chi connectivity index (χ2v) is 9.88. The fraction of sp³-hybridized carbons (Fsp3) is 0.765. The molecule has 0 aromatic heterocycles. The number of amides is 2. The molecule has 2 N–H and O–H groups in total. The third kappa shape index (κ3) is 9.39. The molecule has 0 saturated carbocycles. The van der Waals surface area contributed by atoms with Gasteiger partial charge in [0.25, 0.3) is 0 Å². The van der Waals surface area contributed by atoms with E-state index in [0.29, 0.717) is 5.75 Å². The lowest BCUT2D eigenvalue weighted by Crippen LogP contribution is -2.50. The average Bonchev–Trinajstić information content (AvgIpc) is 2.61. The van der Waals surface area contributed by atoms with E-state index in [4.69, 9.17) is 13.6 Å². The fourth-order valence-corrected chi connectivity index (χ4v) is 4.72. The Morgan fingerprint density at radius 1 is 1.21 bits per heavy atom. The maximum absolute atomic E-state index is 12.4. The molecular weight excluding hydrogens is 423 g/mol. The van der Waals surface area contributed by atoms with Gasteiger partial charge in [-0.2, -0.15) is 0 Å². The minimum absolute atomic E-state index is 0.0306. The van der Waals surface area contributed by atoms with Crippen molar-refractivity contribution in [2.45, 2.75) is 46.6 Å². The molecule has 1 aliphatic heterocycles. The van der Waals surface area contributed by atoms with E-state index in [1.165, 1.54) is 6.92 Å². The van der Waals surface area contributed by atoms with E-state index < -0.39 is 25.2 Å². The predicted octanol–water partition coefficient (Wildman–Crippen LogP) is 1.43. The topological polar surface area (TPSA) is 137 Å². The average molecular weight is 452 g/mol. The van der Waals surface area contributed by atoms with Crippen LogP contribution in [0.2, 0.25) is 0 Å². The molecule has 12 heteroatoms. The van der Waals surface area contributed by atoms with Crippen molar-refractivity contribution in [1.82, 2.24) is 10.6 Å². The minimum Gasteiger partial charge on any atom is -0.355 e. The summed E-state index contributed by atoms with van der Waals surface area (Å²) < 4.78 is 27.8. The van der Waals surface area contributed by atoms with Crippen molar-refractivity contribution in [3.8, 4) is 0 Å². The summed E-state index contributed by atoms with van der Waals surface area (Å²) in [5.41, 5.74) is -0.721. The SMILES string of the molecule is CCOP1(=O)OCC(C)(C)[C@H](C(=O)NCCC(=O)NCCSC(=O)CC(C)=O)O1. The van der Waals surface area contributed by atoms with Crippen LogP contribution < -0.4 is 10.6 Å². The van der Waals surface area contributed by atoms with Crippen LogP contribution >= 0.6 is 19.6 Å². The van der Waals surface area contributed by atoms with Crippen LogP contribution in [0.25, 0.3) is 0 Å². The van der Waals surface area contributed by atoms with Gasteiger partial charge >= 0.3 is 7.82 Å². The summed E-state index contributed by atoms with van der Waals surface area (Å²) >= 11 is 0.987. The second kappa shape index (κ2) is 11.8. The molecule has 1 unspecified atom stereocenters. The van der Waals surface area contributed by atoms with Crippen molar-refractivity contribution in [2.24, 2.45) is 5.41 Å². The van der Waals surface area contributed by atoms with Gasteiger partial charge in [-0.05, 0) is 13.8 Å². The lowest BCUT2D eigenvalue weighted by Gasteiger charge is -2.39. The number of ketones is 1. The molecule has 166 valence electrons. The molecule has 0 bridgehead atoms. The number of hydrogen-bond acceptors (Lipinski definition) is 9. The zero-order valence-corrected chi connectivity index (χ0v) is 18.9. The lowest BCUT2D eigenvalue weighted by molar-refractivity contribution is -0.141. The Labute approximate surface area is 174 Å². The maximum atomic E-state index is 12.4. The first-order valence-corrected chi connectivity index (χ1v) is 11.7. The molecular formula is C17H29N2O8PS. The molecule has 1 fully saturated rings. The van der Waals surface area contributed by atoms with E-state index in [9.17, 15) is 23.7 Å². The highest BCUT2D eigenvalue weighted by molar-refractivity contribution is 8.13. The fourth-order valence-electron chi connectivity index (χ4n) is 2.34. The minimum atomic E-state index is -3.78. The van der Waals surface area contributed by atoms with Gasteiger partial charge in [0.1, 0.15) is 5.78 Å². The monoisotopic (exact) mass is 452 g/mol. The number of phosphoric acid groups is 1. The molecule has 1 saturated heterocycles. The van der Waals surface area contributed by atoms with Gasteiger partial charge in [0.05, 0.1) is 19.6 Å². The number of hydrogen-bond donors (Lipinski definition) is 2. The van der Waals surface area contributed by atoms with Crippen LogP contribution in [-0.4, -0.2) is 60.9 Å². The number of Topliss-reactive ketones (excluding diaryl/α,β-unsaturated/α-hetero) is 1. The molecule has 0 aromatic carbocycles. The van der Waals surface area contributed by atoms with Gasteiger partial charge in [-0.25, -0.2) is 4.57 Å². The van der Waals surface area contributed by atoms with Gasteiger partial charge in [0, 0.05) is 30.7 Å². The summed E-state index contributed by atoms with van der Waals surface area (Å²) in [7, 11) is -3.78. The number of carbonyl (C=O) groups excluding carboxylic acids is 4. The van der Waals surface area contributed by atoms with Gasteiger partial charge < -0.3 is 10.6 Å². The number of nitrogens with one attached hydrogen (secondary N) is 2. The van der Waals surface area contributed by atoms with Crippen molar-refractivity contribution in [2.75, 3.05) is 32.1 Å². The molecule has 0 spiro atoms. The molecule has 0 aliphatic carbocycles. The Balaban J connectivity index is 2.34. The summed E-state index contributed by atoms with van der Waals surface area (Å²) in [5, 5.41) is 4.99. The van der Waals surface area contributed by atoms with Crippen molar-refractivity contribution in [1.29, 1.82) is 0 Å². The maximum Gasteiger partial charge on any atom is 0.475 e. The Morgan fingerprint density at radius 2 is 1.90 bits per heavy atom. The third-order valence-electron chi connectivity index (χ3n) is 3.80. The zero-order valence-electron chi connectivity index (χ0n) is 17.1. The Hall–Kier alpha value is -1.26. The Morgan fingerprint density at radius 3 is 2.52 bits per heavy atom. The smallest absolute Gasteiger partial charge is 0.355 e. The highest BCUT2D eigenvalue weighted by atomic mass is 32.2. The normalized spacial score (nSPS) is 23.2. The molecule has 1 rings (SSSR count). The molecule has 29 heavy (non-hydrogen) atoms. The van der Waals surface area contributed by atoms with Crippen molar-refractivity contribution in [3.05, 3.63) is 0 Å². The van der Waals surface area contributed by atoms with Crippen molar-refractivity contribution < 1.29 is 37.3 Å². The highest BCUT2D eigenvalue weighted by Gasteiger charge is 2.48. The van der Waals surface area contributed by atoms with Crippen LogP contribution in [0, 0.1) is 5.41 Å². The van der Waals surface area contributed by atoms with Crippen LogP contribution in [0.15, 0.2) is 0 Å². The molecule has 1 aliphatic rings. The molecule has 0 radical (unpaired) electrons. The summed E-state index contributed by atoms with van der Waals surface area (Å²) in [6, 6.07) is 0. The van der Waals surface area contributed by atoms with E-state index in [2.05, 4.69) is 10.6 Å². The molecule has 0 aromatic rings. The van der Waals surface area contributed by atoms with E-state index in [0.717, 1.165) is 11.8 Å². The van der Waals surface area contributed by atoms with E-state index in [-0.39, 0.29) is 56.0 Å². The third-order valence-corrected chi connectivity index (χ3v) is 6.16. The largest absolute Gasteiger partial charge is 0.475 e. The second-order valence-electron chi connectivity index (χ2n) is 7.10. The van der Waals surface area contributed by atoms with E-state index in [1.807, 2.05) is 0 Å². The van der Waals surface area contributed by atoms with Crippen LogP contribution in [0.5, 0.6) is 0 Å². The summed E-state index contributed by atoms with van der Waals surface area (Å²) in [6.45, 7) is 6.95. The van der Waals surface area contributed by atoms with E-state index >= 15 is 0 Å². The first-order valence-electron chi connectivity index (χ1n) is 9.26. The number of phosphoric ester groups is 1. The van der Waals surface area contributed by atoms with Crippen LogP contribution in [0.4, 0.5) is 0 Å². The number of carbonyl (C=O) groups is 4. The number of rotatable bonds is 11. The van der Waals surface area contributed by atoms with Gasteiger partial charge in [0.2, 0.25) is 11.8 Å². The predicted molar refractivity (Wildman–Crippen MR) is 107 cm³/mol. The summed E-state index contributed by atoms with van der Waals surface area (Å²) in [4.78, 5) is 46.4. The molecule has 10 nitrogen and oxygen atoms in total. The van der Waals surface area contributed by atoms with Gasteiger partial charge in [-0.3, -0.25) is 32.7 Å². The van der Waals surface area contributed by atoms with Crippen LogP contribution in [-0.2, 0) is 37.3 Å². The number of thioether (sulfide) groups is 1. The lowest BCUT2D eigenvalue weighted by atomic mass is 9.87. The van der Waals surface area contributed by atoms with Crippen molar-refractivity contribution in [3.63, 3.8) is 0 Å². The first kappa shape index (κ1) is 25.8. The molecule has 2 atom stereocenters. The highest BCUT2D eigenvalue weighted by Crippen LogP contribution is 2.56. The van der Waals surface area contributed by atoms with Crippen LogP contribution in [0.3, 0.4) is 0 Å². The van der Waals surface area contributed by atoms with Gasteiger partial charge in [-0.15, -0.1) is 0 Å². The van der Waals surface area contributed by atoms with E-state index in [1.54, 1.807) is 20.8 Å². The quantitative estimate of drug-likeness (QED) is 0.271.